The van der Waals surface area contributed by atoms with Crippen LogP contribution in [0, 0.1) is 6.92 Å². The fraction of sp³-hybridized carbons (Fsp3) is 0.429. The number of nitrogens with one attached hydrogen (secondary N) is 2. The van der Waals surface area contributed by atoms with Crippen LogP contribution >= 0.6 is 11.6 Å². The van der Waals surface area contributed by atoms with Crippen molar-refractivity contribution in [3.8, 4) is 0 Å². The molecule has 0 saturated heterocycles. The van der Waals surface area contributed by atoms with E-state index in [2.05, 4.69) is 10.6 Å². The molecule has 2 unspecified atom stereocenters. The number of anilines is 1. The van der Waals surface area contributed by atoms with Gasteiger partial charge in [-0.2, -0.15) is 0 Å². The van der Waals surface area contributed by atoms with Gasteiger partial charge in [-0.15, -0.1) is 0 Å². The molecule has 0 aromatic heterocycles. The number of hydrogen-bond donors (Lipinski definition) is 3. The highest BCUT2D eigenvalue weighted by atomic mass is 35.5. The first kappa shape index (κ1) is 30.6. The van der Waals surface area contributed by atoms with E-state index in [0.29, 0.717) is 16.3 Å². The molecule has 0 aliphatic heterocycles. The molecule has 2 aromatic carbocycles. The molecule has 206 valence electrons. The normalized spacial score (nSPS) is 12.7. The molecule has 4 N–H and O–H groups in total. The molecule has 0 saturated carbocycles. The van der Waals surface area contributed by atoms with Crippen LogP contribution in [0.2, 0.25) is 5.02 Å². The Morgan fingerprint density at radius 3 is 2.18 bits per heavy atom. The van der Waals surface area contributed by atoms with E-state index in [1.807, 2.05) is 32.0 Å². The minimum atomic E-state index is -1.34. The van der Waals surface area contributed by atoms with E-state index >= 15 is 0 Å². The first-order valence-corrected chi connectivity index (χ1v) is 12.9. The summed E-state index contributed by atoms with van der Waals surface area (Å²) in [6.45, 7) is 10.6. The van der Waals surface area contributed by atoms with Gasteiger partial charge in [0, 0.05) is 6.54 Å². The zero-order valence-corrected chi connectivity index (χ0v) is 23.5. The number of carbonyl (C=O) groups is 4. The Kier molecular flexibility index (Phi) is 10.7. The third kappa shape index (κ3) is 8.48. The van der Waals surface area contributed by atoms with Gasteiger partial charge in [-0.1, -0.05) is 54.9 Å². The highest BCUT2D eigenvalue weighted by molar-refractivity contribution is 6.34. The molecule has 2 aromatic rings. The first-order chi connectivity index (χ1) is 17.8. The molecule has 0 bridgehead atoms. The smallest absolute Gasteiger partial charge is 0.408 e. The van der Waals surface area contributed by atoms with Gasteiger partial charge >= 0.3 is 6.09 Å². The molecule has 0 spiro atoms. The SMILES string of the molecule is CCc1ccc(C(C(=O)Nc2c(C)cccc2Cl)N(CC)C(=O)C(CC(N)=O)NC(=O)OC(C)(C)C)cc1. The molecule has 38 heavy (non-hydrogen) atoms. The number of benzene rings is 2. The molecule has 9 nitrogen and oxygen atoms in total. The Balaban J connectivity index is 2.51. The zero-order valence-electron chi connectivity index (χ0n) is 22.8. The molecular weight excluding hydrogens is 508 g/mol. The van der Waals surface area contributed by atoms with E-state index in [4.69, 9.17) is 22.1 Å². The van der Waals surface area contributed by atoms with Gasteiger partial charge in [-0.3, -0.25) is 14.4 Å². The standard InChI is InChI=1S/C28H37ClN4O5/c1-7-18-12-14-19(15-13-18)24(25(35)32-23-17(3)10-9-11-20(23)29)33(8-2)26(36)21(16-22(30)34)31-27(37)38-28(4,5)6/h9-15,21,24H,7-8,16H2,1-6H3,(H2,30,34)(H,31,37)(H,32,35). The van der Waals surface area contributed by atoms with Crippen LogP contribution in [0.25, 0.3) is 0 Å². The summed E-state index contributed by atoms with van der Waals surface area (Å²) in [7, 11) is 0. The number of carbonyl (C=O) groups excluding carboxylic acids is 4. The Bertz CT molecular complexity index is 1140. The molecule has 0 aliphatic carbocycles. The topological polar surface area (TPSA) is 131 Å². The second-order valence-corrected chi connectivity index (χ2v) is 10.3. The number of aryl methyl sites for hydroxylation is 2. The van der Waals surface area contributed by atoms with Crippen molar-refractivity contribution >= 4 is 41.1 Å². The van der Waals surface area contributed by atoms with Crippen LogP contribution in [0.5, 0.6) is 0 Å². The van der Waals surface area contributed by atoms with Crippen LogP contribution in [-0.2, 0) is 25.5 Å². The molecule has 2 atom stereocenters. The summed E-state index contributed by atoms with van der Waals surface area (Å²) in [4.78, 5) is 53.1. The maximum Gasteiger partial charge on any atom is 0.408 e. The molecule has 0 aliphatic rings. The van der Waals surface area contributed by atoms with Crippen LogP contribution in [0.3, 0.4) is 0 Å². The predicted molar refractivity (Wildman–Crippen MR) is 148 cm³/mol. The number of hydrogen-bond acceptors (Lipinski definition) is 5. The molecular formula is C28H37ClN4O5. The van der Waals surface area contributed by atoms with E-state index < -0.39 is 47.9 Å². The van der Waals surface area contributed by atoms with Gasteiger partial charge in [-0.25, -0.2) is 4.79 Å². The Labute approximate surface area is 229 Å². The Morgan fingerprint density at radius 2 is 1.68 bits per heavy atom. The highest BCUT2D eigenvalue weighted by Crippen LogP contribution is 2.29. The van der Waals surface area contributed by atoms with Gasteiger partial charge in [0.1, 0.15) is 17.7 Å². The van der Waals surface area contributed by atoms with Gasteiger partial charge in [0.05, 0.1) is 17.1 Å². The molecule has 0 heterocycles. The number of primary amides is 1. The minimum Gasteiger partial charge on any atom is -0.444 e. The molecule has 0 fully saturated rings. The van der Waals surface area contributed by atoms with Crippen LogP contribution < -0.4 is 16.4 Å². The molecule has 4 amide bonds. The Morgan fingerprint density at radius 1 is 1.05 bits per heavy atom. The van der Waals surface area contributed by atoms with Crippen molar-refractivity contribution in [3.63, 3.8) is 0 Å². The van der Waals surface area contributed by atoms with E-state index in [1.165, 1.54) is 4.90 Å². The number of para-hydroxylation sites is 1. The molecule has 10 heteroatoms. The van der Waals surface area contributed by atoms with E-state index in [1.54, 1.807) is 52.0 Å². The highest BCUT2D eigenvalue weighted by Gasteiger charge is 2.36. The van der Waals surface area contributed by atoms with E-state index in [9.17, 15) is 19.2 Å². The van der Waals surface area contributed by atoms with Crippen LogP contribution in [0.4, 0.5) is 10.5 Å². The second-order valence-electron chi connectivity index (χ2n) is 9.91. The summed E-state index contributed by atoms with van der Waals surface area (Å²) in [5, 5.41) is 5.66. The third-order valence-corrected chi connectivity index (χ3v) is 6.07. The number of amides is 4. The number of ether oxygens (including phenoxy) is 1. The molecule has 2 rings (SSSR count). The average molecular weight is 545 g/mol. The number of likely N-dealkylation sites (N-methyl/N-ethyl adjacent to an activating group) is 1. The zero-order chi connectivity index (χ0) is 28.6. The second kappa shape index (κ2) is 13.3. The lowest BCUT2D eigenvalue weighted by molar-refractivity contribution is -0.141. The number of alkyl carbamates (subject to hydrolysis) is 1. The molecule has 0 radical (unpaired) electrons. The Hall–Kier alpha value is -3.59. The van der Waals surface area contributed by atoms with Crippen molar-refractivity contribution in [2.45, 2.75) is 72.1 Å². The third-order valence-electron chi connectivity index (χ3n) is 5.75. The van der Waals surface area contributed by atoms with Crippen LogP contribution in [-0.4, -0.2) is 46.9 Å². The average Bonchev–Trinajstić information content (AvgIpc) is 2.82. The fourth-order valence-corrected chi connectivity index (χ4v) is 4.18. The first-order valence-electron chi connectivity index (χ1n) is 12.5. The summed E-state index contributed by atoms with van der Waals surface area (Å²) in [6.07, 6.45) is -0.554. The van der Waals surface area contributed by atoms with Crippen LogP contribution in [0.15, 0.2) is 42.5 Å². The van der Waals surface area contributed by atoms with Crippen molar-refractivity contribution in [2.24, 2.45) is 5.73 Å². The van der Waals surface area contributed by atoms with E-state index in [-0.39, 0.29) is 6.54 Å². The summed E-state index contributed by atoms with van der Waals surface area (Å²) in [5.74, 6) is -1.96. The summed E-state index contributed by atoms with van der Waals surface area (Å²) < 4.78 is 5.27. The van der Waals surface area contributed by atoms with Gasteiger partial charge < -0.3 is 26.0 Å². The van der Waals surface area contributed by atoms with Crippen molar-refractivity contribution in [3.05, 3.63) is 64.2 Å². The van der Waals surface area contributed by atoms with Crippen LogP contribution in [0.1, 0.15) is 63.8 Å². The lowest BCUT2D eigenvalue weighted by Crippen LogP contribution is -2.53. The van der Waals surface area contributed by atoms with Crippen molar-refractivity contribution in [2.75, 3.05) is 11.9 Å². The maximum absolute atomic E-state index is 13.8. The lowest BCUT2D eigenvalue weighted by atomic mass is 10.00. The van der Waals surface area contributed by atoms with Crippen molar-refractivity contribution < 1.29 is 23.9 Å². The predicted octanol–water partition coefficient (Wildman–Crippen LogP) is 4.51. The number of halogens is 1. The van der Waals surface area contributed by atoms with Gasteiger partial charge in [0.2, 0.25) is 11.8 Å². The largest absolute Gasteiger partial charge is 0.444 e. The summed E-state index contributed by atoms with van der Waals surface area (Å²) in [5.41, 5.74) is 7.35. The summed E-state index contributed by atoms with van der Waals surface area (Å²) in [6, 6.07) is 10.1. The number of nitrogens with zero attached hydrogens (tertiary/aromatic N) is 1. The van der Waals surface area contributed by atoms with Gasteiger partial charge in [0.15, 0.2) is 0 Å². The minimum absolute atomic E-state index is 0.0964. The maximum atomic E-state index is 13.8. The van der Waals surface area contributed by atoms with Crippen molar-refractivity contribution in [1.82, 2.24) is 10.2 Å². The van der Waals surface area contributed by atoms with Gasteiger partial charge in [-0.05, 0) is 63.8 Å². The monoisotopic (exact) mass is 544 g/mol. The fourth-order valence-electron chi connectivity index (χ4n) is 3.91. The van der Waals surface area contributed by atoms with Crippen molar-refractivity contribution in [1.29, 1.82) is 0 Å². The van der Waals surface area contributed by atoms with E-state index in [0.717, 1.165) is 17.5 Å². The summed E-state index contributed by atoms with van der Waals surface area (Å²) >= 11 is 6.35. The number of rotatable bonds is 10. The quantitative estimate of drug-likeness (QED) is 0.405. The lowest BCUT2D eigenvalue weighted by Gasteiger charge is -2.33. The number of nitrogens with two attached hydrogens (primary N) is 1. The van der Waals surface area contributed by atoms with Gasteiger partial charge in [0.25, 0.3) is 5.91 Å².